The van der Waals surface area contributed by atoms with E-state index < -0.39 is 63.2 Å². The molecule has 0 aliphatic rings. The van der Waals surface area contributed by atoms with Gasteiger partial charge in [0.25, 0.3) is 15.9 Å². The van der Waals surface area contributed by atoms with Gasteiger partial charge in [-0.2, -0.15) is 4.98 Å². The Labute approximate surface area is 379 Å². The second-order valence-corrected chi connectivity index (χ2v) is 16.5. The lowest BCUT2D eigenvalue weighted by atomic mass is 9.87. The van der Waals surface area contributed by atoms with E-state index in [4.69, 9.17) is 49.3 Å². The average Bonchev–Trinajstić information content (AvgIpc) is 3.29. The average molecular weight is 940 g/mol. The van der Waals surface area contributed by atoms with Crippen LogP contribution in [0.2, 0.25) is 0 Å². The van der Waals surface area contributed by atoms with Gasteiger partial charge in [-0.15, -0.1) is 0 Å². The molecule has 24 heteroatoms. The van der Waals surface area contributed by atoms with E-state index in [9.17, 15) is 9.59 Å². The van der Waals surface area contributed by atoms with Crippen molar-refractivity contribution in [3.05, 3.63) is 108 Å². The zero-order chi connectivity index (χ0) is 47.9. The molecule has 0 amide bonds. The number of methoxy groups -OCH3 is 1. The first-order chi connectivity index (χ1) is 31.5. The maximum absolute atomic E-state index is 15.1. The number of benzene rings is 3. The SMILES string of the molecule is COc1ccccc1Oc1c(OCCOC(=O)c2cccc(CON(O)O)c2)nc(-c2ncccn2)nc1N(C(C)OC(=O)OCCCCON(O)O)S(=O)(=O)c1ccc(C(C)(C)C)cc1. The third-order valence-electron chi connectivity index (χ3n) is 8.98. The monoisotopic (exact) mass is 939 g/mol. The quantitative estimate of drug-likeness (QED) is 0.0243. The number of hydrogen-bond acceptors (Lipinski definition) is 22. The number of anilines is 1. The first-order valence-corrected chi connectivity index (χ1v) is 21.4. The summed E-state index contributed by atoms with van der Waals surface area (Å²) in [5.41, 5.74) is 0.987. The number of carbonyl (C=O) groups is 2. The van der Waals surface area contributed by atoms with Crippen LogP contribution in [-0.4, -0.2) is 112 Å². The molecular weight excluding hydrogens is 891 g/mol. The second-order valence-electron chi connectivity index (χ2n) is 14.7. The fraction of sp³-hybridized carbons (Fsp3) is 0.333. The maximum Gasteiger partial charge on any atom is 0.510 e. The molecular formula is C42H49N7O16S. The van der Waals surface area contributed by atoms with E-state index in [0.717, 1.165) is 5.56 Å². The molecule has 0 bridgehead atoms. The second kappa shape index (κ2) is 23.5. The van der Waals surface area contributed by atoms with Crippen LogP contribution < -0.4 is 18.5 Å². The first kappa shape index (κ1) is 50.4. The number of unbranched alkanes of at least 4 members (excludes halogenated alkanes) is 1. The molecule has 1 unspecified atom stereocenters. The van der Waals surface area contributed by atoms with Crippen molar-refractivity contribution < 1.29 is 76.9 Å². The molecule has 2 aromatic heterocycles. The van der Waals surface area contributed by atoms with Crippen LogP contribution in [0.25, 0.3) is 11.6 Å². The first-order valence-electron chi connectivity index (χ1n) is 20.0. The Morgan fingerprint density at radius 3 is 2.11 bits per heavy atom. The summed E-state index contributed by atoms with van der Waals surface area (Å²) in [4.78, 5) is 52.8. The van der Waals surface area contributed by atoms with Crippen molar-refractivity contribution in [3.63, 3.8) is 0 Å². The van der Waals surface area contributed by atoms with Gasteiger partial charge in [0, 0.05) is 12.4 Å². The lowest BCUT2D eigenvalue weighted by Crippen LogP contribution is -2.42. The highest BCUT2D eigenvalue weighted by Crippen LogP contribution is 2.44. The predicted octanol–water partition coefficient (Wildman–Crippen LogP) is 6.27. The number of sulfonamides is 1. The van der Waals surface area contributed by atoms with Crippen molar-refractivity contribution in [1.82, 2.24) is 30.7 Å². The smallest absolute Gasteiger partial charge is 0.493 e. The van der Waals surface area contributed by atoms with Crippen LogP contribution in [-0.2, 0) is 45.9 Å². The Kier molecular flexibility index (Phi) is 18.0. The molecule has 0 aliphatic heterocycles. The van der Waals surface area contributed by atoms with E-state index in [1.807, 2.05) is 20.8 Å². The minimum atomic E-state index is -4.80. The molecule has 354 valence electrons. The molecule has 4 N–H and O–H groups in total. The summed E-state index contributed by atoms with van der Waals surface area (Å²) in [6, 6.07) is 20.0. The zero-order valence-electron chi connectivity index (χ0n) is 36.4. The zero-order valence-corrected chi connectivity index (χ0v) is 37.2. The van der Waals surface area contributed by atoms with Crippen LogP contribution >= 0.6 is 0 Å². The van der Waals surface area contributed by atoms with Gasteiger partial charge in [-0.3, -0.25) is 25.7 Å². The fourth-order valence-electron chi connectivity index (χ4n) is 5.81. The normalized spacial score (nSPS) is 12.1. The molecule has 3 aromatic carbocycles. The number of nitrogens with zero attached hydrogens (tertiary/aromatic N) is 7. The number of para-hydroxylation sites is 2. The molecule has 0 fully saturated rings. The number of esters is 1. The van der Waals surface area contributed by atoms with Crippen LogP contribution in [0.15, 0.2) is 96.2 Å². The Balaban J connectivity index is 1.60. The number of ether oxygens (including phenoxy) is 6. The highest BCUT2D eigenvalue weighted by molar-refractivity contribution is 7.92. The van der Waals surface area contributed by atoms with Gasteiger partial charge in [-0.25, -0.2) is 42.1 Å². The number of rotatable bonds is 23. The highest BCUT2D eigenvalue weighted by atomic mass is 32.2. The number of aromatic nitrogens is 4. The fourth-order valence-corrected chi connectivity index (χ4v) is 7.30. The molecule has 5 aromatic rings. The van der Waals surface area contributed by atoms with Crippen molar-refractivity contribution in [1.29, 1.82) is 0 Å². The van der Waals surface area contributed by atoms with Crippen LogP contribution in [0, 0.1) is 0 Å². The lowest BCUT2D eigenvalue weighted by Gasteiger charge is -2.30. The van der Waals surface area contributed by atoms with Crippen LogP contribution in [0.3, 0.4) is 0 Å². The molecule has 23 nitrogen and oxygen atoms in total. The van der Waals surface area contributed by atoms with Crippen molar-refractivity contribution >= 4 is 28.0 Å². The van der Waals surface area contributed by atoms with Gasteiger partial charge in [0.1, 0.15) is 13.2 Å². The van der Waals surface area contributed by atoms with Gasteiger partial charge in [0.05, 0.1) is 48.2 Å². The van der Waals surface area contributed by atoms with Gasteiger partial charge in [-0.05, 0) is 78.8 Å². The van der Waals surface area contributed by atoms with E-state index in [0.29, 0.717) is 9.87 Å². The minimum Gasteiger partial charge on any atom is -0.493 e. The lowest BCUT2D eigenvalue weighted by molar-refractivity contribution is -0.497. The van der Waals surface area contributed by atoms with Crippen molar-refractivity contribution in [2.24, 2.45) is 0 Å². The molecule has 5 rings (SSSR count). The van der Waals surface area contributed by atoms with Gasteiger partial charge in [-0.1, -0.05) is 57.2 Å². The van der Waals surface area contributed by atoms with E-state index in [1.165, 1.54) is 68.9 Å². The number of hydrogen-bond donors (Lipinski definition) is 4. The summed E-state index contributed by atoms with van der Waals surface area (Å²) in [5.74, 6) is -2.22. The molecule has 0 radical (unpaired) electrons. The summed E-state index contributed by atoms with van der Waals surface area (Å²) in [7, 11) is -3.42. The molecule has 66 heavy (non-hydrogen) atoms. The van der Waals surface area contributed by atoms with Crippen LogP contribution in [0.1, 0.15) is 62.0 Å². The topological polar surface area (TPSA) is 284 Å². The van der Waals surface area contributed by atoms with E-state index >= 15 is 8.42 Å². The summed E-state index contributed by atoms with van der Waals surface area (Å²) in [6.07, 6.45) is 0.231. The molecule has 0 spiro atoms. The van der Waals surface area contributed by atoms with Crippen LogP contribution in [0.4, 0.5) is 10.6 Å². The van der Waals surface area contributed by atoms with E-state index in [1.54, 1.807) is 36.4 Å². The Hall–Kier alpha value is -6.61. The largest absolute Gasteiger partial charge is 0.510 e. The Morgan fingerprint density at radius 1 is 0.758 bits per heavy atom. The molecule has 0 saturated carbocycles. The highest BCUT2D eigenvalue weighted by Gasteiger charge is 2.39. The minimum absolute atomic E-state index is 0.0496. The summed E-state index contributed by atoms with van der Waals surface area (Å²) >= 11 is 0. The molecule has 0 saturated heterocycles. The van der Waals surface area contributed by atoms with Gasteiger partial charge < -0.3 is 28.4 Å². The van der Waals surface area contributed by atoms with Gasteiger partial charge >= 0.3 is 12.1 Å². The van der Waals surface area contributed by atoms with Gasteiger partial charge in [0.2, 0.25) is 11.6 Å². The van der Waals surface area contributed by atoms with E-state index in [-0.39, 0.29) is 78.3 Å². The van der Waals surface area contributed by atoms with Crippen LogP contribution in [0.5, 0.6) is 23.1 Å². The van der Waals surface area contributed by atoms with Crippen molar-refractivity contribution in [2.75, 3.05) is 37.8 Å². The third-order valence-corrected chi connectivity index (χ3v) is 10.8. The summed E-state index contributed by atoms with van der Waals surface area (Å²) in [6.45, 7) is 5.74. The Bertz CT molecular complexity index is 2480. The third kappa shape index (κ3) is 14.2. The summed E-state index contributed by atoms with van der Waals surface area (Å²) in [5, 5.41) is 34.4. The van der Waals surface area contributed by atoms with Gasteiger partial charge in [0.15, 0.2) is 29.4 Å². The standard InChI is InChI=1S/C42H49N7O16S/c1-28(64-41(51)61-22-8-9-23-62-48(52)53)47(66(56,57)32-18-16-31(17-19-32)42(2,3)4)38-35(65-34-15-7-6-14-33(34)58-5)39(46-37(45-38)36-43-20-11-21-44-36)59-24-25-60-40(50)30-13-10-12-29(26-30)27-63-49(54)55/h6-7,10-21,26,28,52-55H,8-9,22-25,27H2,1-5H3. The number of carbonyl (C=O) groups excluding carboxylic acids is 2. The Morgan fingerprint density at radius 2 is 1.44 bits per heavy atom. The molecule has 2 heterocycles. The van der Waals surface area contributed by atoms with Crippen molar-refractivity contribution in [2.45, 2.75) is 63.7 Å². The maximum atomic E-state index is 15.1. The molecule has 1 atom stereocenters. The summed E-state index contributed by atoms with van der Waals surface area (Å²) < 4.78 is 65.2. The predicted molar refractivity (Wildman–Crippen MR) is 226 cm³/mol. The molecule has 0 aliphatic carbocycles. The van der Waals surface area contributed by atoms with E-state index in [2.05, 4.69) is 29.6 Å². The van der Waals surface area contributed by atoms with Crippen molar-refractivity contribution in [3.8, 4) is 34.8 Å².